The first-order valence-corrected chi connectivity index (χ1v) is 8.37. The molecular weight excluding hydrogens is 362 g/mol. The lowest BCUT2D eigenvalue weighted by Crippen LogP contribution is -2.15. The van der Waals surface area contributed by atoms with E-state index in [9.17, 15) is 20.0 Å². The molecule has 3 aromatic rings. The van der Waals surface area contributed by atoms with Crippen LogP contribution in [0.3, 0.4) is 0 Å². The van der Waals surface area contributed by atoms with E-state index in [0.29, 0.717) is 5.69 Å². The van der Waals surface area contributed by atoms with Crippen LogP contribution in [0.5, 0.6) is 0 Å². The molecule has 0 fully saturated rings. The second kappa shape index (κ2) is 7.31. The minimum atomic E-state index is -1.07. The number of nitro groups is 1. The second-order valence-electron chi connectivity index (χ2n) is 5.11. The third-order valence-corrected chi connectivity index (χ3v) is 4.80. The van der Waals surface area contributed by atoms with Crippen LogP contribution in [0.25, 0.3) is 17.2 Å². The van der Waals surface area contributed by atoms with Crippen LogP contribution in [0.4, 0.5) is 5.69 Å². The predicted molar refractivity (Wildman–Crippen MR) is 91.0 cm³/mol. The van der Waals surface area contributed by atoms with Crippen molar-refractivity contribution in [2.45, 2.75) is 23.6 Å². The maximum Gasteiger partial charge on any atom is 0.332 e. The predicted octanol–water partition coefficient (Wildman–Crippen LogP) is 1.92. The summed E-state index contributed by atoms with van der Waals surface area (Å²) in [7, 11) is 0. The molecule has 2 N–H and O–H groups in total. The molecule has 1 atom stereocenters. The van der Waals surface area contributed by atoms with Gasteiger partial charge in [0, 0.05) is 0 Å². The molecule has 0 aliphatic heterocycles. The van der Waals surface area contributed by atoms with Crippen molar-refractivity contribution in [3.05, 3.63) is 40.4 Å². The first-order chi connectivity index (χ1) is 12.5. The minimum Gasteiger partial charge on any atom is -0.480 e. The standard InChI is InChI=1S/C14H13N7O4S/c1-2-9(14(22)23)26-13-11(21(24)25)10(12-15-18-19-16-12)20(17-13)8-6-4-3-5-7-8/h3-7,9H,2H2,1H3,(H,22,23)(H,15,16,18,19). The Hall–Kier alpha value is -3.28. The Bertz CT molecular complexity index is 926. The third kappa shape index (κ3) is 3.26. The molecule has 0 aliphatic rings. The Morgan fingerprint density at radius 3 is 2.69 bits per heavy atom. The van der Waals surface area contributed by atoms with Crippen LogP contribution in [0.2, 0.25) is 0 Å². The highest BCUT2D eigenvalue weighted by molar-refractivity contribution is 8.00. The highest BCUT2D eigenvalue weighted by Crippen LogP contribution is 2.40. The molecule has 0 bridgehead atoms. The molecule has 0 saturated carbocycles. The lowest BCUT2D eigenvalue weighted by molar-refractivity contribution is -0.387. The highest BCUT2D eigenvalue weighted by Gasteiger charge is 2.34. The van der Waals surface area contributed by atoms with E-state index >= 15 is 0 Å². The number of hydrogen-bond donors (Lipinski definition) is 2. The average Bonchev–Trinajstić information content (AvgIpc) is 3.27. The van der Waals surface area contributed by atoms with Gasteiger partial charge in [-0.25, -0.2) is 9.78 Å². The number of nitrogens with zero attached hydrogens (tertiary/aromatic N) is 6. The zero-order valence-electron chi connectivity index (χ0n) is 13.4. The number of rotatable bonds is 7. The van der Waals surface area contributed by atoms with Crippen LogP contribution in [-0.2, 0) is 4.79 Å². The number of hydrogen-bond acceptors (Lipinski definition) is 8. The first-order valence-electron chi connectivity index (χ1n) is 7.49. The molecule has 26 heavy (non-hydrogen) atoms. The largest absolute Gasteiger partial charge is 0.480 e. The van der Waals surface area contributed by atoms with Crippen molar-refractivity contribution in [2.75, 3.05) is 0 Å². The number of benzene rings is 1. The van der Waals surface area contributed by atoms with Gasteiger partial charge in [-0.3, -0.25) is 14.9 Å². The number of carboxylic acid groups (broad SMARTS) is 1. The molecule has 0 amide bonds. The summed E-state index contributed by atoms with van der Waals surface area (Å²) in [5.41, 5.74) is 0.253. The molecule has 0 saturated heterocycles. The number of aromatic amines is 1. The highest BCUT2D eigenvalue weighted by atomic mass is 32.2. The van der Waals surface area contributed by atoms with Crippen molar-refractivity contribution in [3.63, 3.8) is 0 Å². The fourth-order valence-electron chi connectivity index (χ4n) is 2.30. The van der Waals surface area contributed by atoms with Gasteiger partial charge < -0.3 is 5.11 Å². The smallest absolute Gasteiger partial charge is 0.332 e. The van der Waals surface area contributed by atoms with Crippen molar-refractivity contribution in [2.24, 2.45) is 0 Å². The Morgan fingerprint density at radius 1 is 1.42 bits per heavy atom. The molecular formula is C14H13N7O4S. The molecule has 0 spiro atoms. The van der Waals surface area contributed by atoms with Gasteiger partial charge in [-0.15, -0.1) is 5.10 Å². The van der Waals surface area contributed by atoms with Crippen LogP contribution in [0, 0.1) is 10.1 Å². The van der Waals surface area contributed by atoms with Crippen LogP contribution in [0.15, 0.2) is 35.4 Å². The summed E-state index contributed by atoms with van der Waals surface area (Å²) in [6, 6.07) is 8.73. The monoisotopic (exact) mass is 375 g/mol. The normalized spacial score (nSPS) is 12.0. The molecule has 134 valence electrons. The minimum absolute atomic E-state index is 0.0143. The number of para-hydroxylation sites is 1. The van der Waals surface area contributed by atoms with Gasteiger partial charge in [0.05, 0.1) is 10.6 Å². The molecule has 2 heterocycles. The topological polar surface area (TPSA) is 153 Å². The lowest BCUT2D eigenvalue weighted by Gasteiger charge is -2.06. The second-order valence-corrected chi connectivity index (χ2v) is 6.30. The van der Waals surface area contributed by atoms with Crippen LogP contribution >= 0.6 is 11.8 Å². The zero-order valence-corrected chi connectivity index (χ0v) is 14.3. The van der Waals surface area contributed by atoms with E-state index in [4.69, 9.17) is 0 Å². The van der Waals surface area contributed by atoms with Crippen molar-refractivity contribution >= 4 is 23.4 Å². The summed E-state index contributed by atoms with van der Waals surface area (Å²) >= 11 is 0.823. The summed E-state index contributed by atoms with van der Waals surface area (Å²) in [5.74, 6) is -1.01. The Morgan fingerprint density at radius 2 is 2.15 bits per heavy atom. The molecule has 12 heteroatoms. The van der Waals surface area contributed by atoms with E-state index < -0.39 is 16.1 Å². The van der Waals surface area contributed by atoms with Crippen molar-refractivity contribution in [3.8, 4) is 17.2 Å². The number of tetrazole rings is 1. The molecule has 1 unspecified atom stereocenters. The quantitative estimate of drug-likeness (QED) is 0.358. The third-order valence-electron chi connectivity index (χ3n) is 3.48. The number of carbonyl (C=O) groups is 1. The fourth-order valence-corrected chi connectivity index (χ4v) is 3.25. The Kier molecular flexibility index (Phi) is 4.93. The van der Waals surface area contributed by atoms with Gasteiger partial charge >= 0.3 is 11.7 Å². The average molecular weight is 375 g/mol. The fraction of sp³-hybridized carbons (Fsp3) is 0.214. The number of nitrogens with one attached hydrogen (secondary N) is 1. The van der Waals surface area contributed by atoms with Gasteiger partial charge in [0.1, 0.15) is 5.25 Å². The van der Waals surface area contributed by atoms with Crippen molar-refractivity contribution in [1.82, 2.24) is 30.4 Å². The number of H-pyrrole nitrogens is 1. The summed E-state index contributed by atoms with van der Waals surface area (Å²) in [6.45, 7) is 1.69. The van der Waals surface area contributed by atoms with Gasteiger partial charge in [-0.1, -0.05) is 36.9 Å². The summed E-state index contributed by atoms with van der Waals surface area (Å²) in [5, 5.41) is 37.6. The number of carboxylic acids is 1. The molecule has 1 aromatic carbocycles. The number of thioether (sulfide) groups is 1. The summed E-state index contributed by atoms with van der Waals surface area (Å²) in [4.78, 5) is 22.5. The van der Waals surface area contributed by atoms with E-state index in [1.807, 2.05) is 0 Å². The van der Waals surface area contributed by atoms with Gasteiger partial charge in [-0.05, 0) is 29.0 Å². The maximum absolute atomic E-state index is 11.7. The van der Waals surface area contributed by atoms with Gasteiger partial charge in [0.25, 0.3) is 0 Å². The first kappa shape index (κ1) is 17.5. The van der Waals surface area contributed by atoms with E-state index in [0.717, 1.165) is 11.8 Å². The van der Waals surface area contributed by atoms with E-state index in [1.165, 1.54) is 4.68 Å². The van der Waals surface area contributed by atoms with Crippen LogP contribution in [-0.4, -0.2) is 51.7 Å². The van der Waals surface area contributed by atoms with E-state index in [-0.39, 0.29) is 28.7 Å². The molecule has 11 nitrogen and oxygen atoms in total. The van der Waals surface area contributed by atoms with Gasteiger partial charge in [-0.2, -0.15) is 5.10 Å². The molecule has 0 radical (unpaired) electrons. The summed E-state index contributed by atoms with van der Waals surface area (Å²) in [6.07, 6.45) is 0.286. The lowest BCUT2D eigenvalue weighted by atomic mass is 10.3. The maximum atomic E-state index is 11.7. The van der Waals surface area contributed by atoms with Gasteiger partial charge in [0.15, 0.2) is 10.7 Å². The molecule has 0 aliphatic carbocycles. The number of aromatic nitrogens is 6. The Balaban J connectivity index is 2.23. The van der Waals surface area contributed by atoms with Gasteiger partial charge in [0.2, 0.25) is 5.82 Å². The van der Waals surface area contributed by atoms with Crippen molar-refractivity contribution in [1.29, 1.82) is 0 Å². The van der Waals surface area contributed by atoms with E-state index in [1.54, 1.807) is 37.3 Å². The van der Waals surface area contributed by atoms with Crippen LogP contribution in [0.1, 0.15) is 13.3 Å². The Labute approximate surface area is 150 Å². The number of aliphatic carboxylic acids is 1. The molecule has 2 aromatic heterocycles. The van der Waals surface area contributed by atoms with Crippen LogP contribution < -0.4 is 0 Å². The van der Waals surface area contributed by atoms with E-state index in [2.05, 4.69) is 25.7 Å². The summed E-state index contributed by atoms with van der Waals surface area (Å²) < 4.78 is 1.33. The SMILES string of the molecule is CCC(Sc1nn(-c2ccccc2)c(-c2nnn[nH]2)c1[N+](=O)[O-])C(=O)O. The zero-order chi connectivity index (χ0) is 18.7. The molecule has 3 rings (SSSR count). The van der Waals surface area contributed by atoms with Crippen molar-refractivity contribution < 1.29 is 14.8 Å².